The highest BCUT2D eigenvalue weighted by Crippen LogP contribution is 2.79. The zero-order valence-corrected chi connectivity index (χ0v) is 42.2. The molecule has 0 unspecified atom stereocenters. The molecule has 364 valence electrons. The van der Waals surface area contributed by atoms with Crippen LogP contribution >= 0.6 is 0 Å². The number of benzene rings is 2. The van der Waals surface area contributed by atoms with Gasteiger partial charge in [-0.2, -0.15) is 0 Å². The molecule has 6 aliphatic carbocycles. The number of carboxylic acid groups (broad SMARTS) is 1. The number of H-pyrrole nitrogens is 1. The van der Waals surface area contributed by atoms with E-state index in [0.29, 0.717) is 31.2 Å². The number of nitrogens with zero attached hydrogens (tertiary/aromatic N) is 2. The molecule has 1 aromatic heterocycles. The first-order valence-electron chi connectivity index (χ1n) is 26.1. The Balaban J connectivity index is 0.902. The third-order valence-electron chi connectivity index (χ3n) is 21.4. The summed E-state index contributed by atoms with van der Waals surface area (Å²) in [5.74, 6) is 0.311. The number of aromatic amines is 1. The largest absolute Gasteiger partial charge is 0.481 e. The SMILES string of the molecule is CC(C)C1=C2[C@H]3CC[C@@H]4[C@]5(C)CC[C@H]([C@@]6(C(=O)O)C[C@@H](C(=O)OCc7ccccc7)C6(C)C)C(C)(C)[C@H]5CC[C@@]4(C)[C@]3(C)CC[C@@]2(NC(=O)N2CCC[C@H]2c2ncc(-c3ccccc3)[nH]2)CC1=O. The number of esters is 1. The van der Waals surface area contributed by atoms with E-state index in [2.05, 4.69) is 70.9 Å². The highest BCUT2D eigenvalue weighted by molar-refractivity contribution is 6.02. The number of carbonyl (C=O) groups is 4. The number of ketones is 1. The minimum atomic E-state index is -1.04. The number of imidazole rings is 1. The van der Waals surface area contributed by atoms with Crippen LogP contribution in [0.25, 0.3) is 11.3 Å². The standard InChI is InChI=1S/C58H76N4O6/c1-35(2)46-42(63)32-57(61-51(67)62-30-16-21-41(62)48-59-33-40(60-48)37-19-14-11-15-20-37)29-28-55(8)38(47(46)57)22-23-45-54(7)26-24-44(52(3,4)43(54)25-27-56(45,55)9)58(50(65)66)31-39(53(58,5)6)49(64)68-34-36-17-12-10-13-18-36/h10-15,17-20,33,35,38-39,41,43-45H,16,21-32,34H2,1-9H3,(H,59,60)(H,61,67)(H,65,66)/t38-,39+,41+,43-,44+,45-,54-,55-,56-,57-,58-/m1/s1. The average Bonchev–Trinajstić information content (AvgIpc) is 4.05. The Morgan fingerprint density at radius 2 is 1.53 bits per heavy atom. The lowest BCUT2D eigenvalue weighted by molar-refractivity contribution is -0.261. The van der Waals surface area contributed by atoms with Crippen molar-refractivity contribution in [3.8, 4) is 11.3 Å². The first-order valence-corrected chi connectivity index (χ1v) is 26.1. The van der Waals surface area contributed by atoms with Crippen molar-refractivity contribution in [1.82, 2.24) is 20.2 Å². The van der Waals surface area contributed by atoms with Crippen molar-refractivity contribution >= 4 is 23.8 Å². The van der Waals surface area contributed by atoms with Gasteiger partial charge in [-0.15, -0.1) is 0 Å². The molecule has 0 spiro atoms. The van der Waals surface area contributed by atoms with Crippen LogP contribution in [0.4, 0.5) is 4.79 Å². The molecule has 7 aliphatic rings. The molecule has 2 aromatic carbocycles. The van der Waals surface area contributed by atoms with Crippen molar-refractivity contribution in [1.29, 1.82) is 0 Å². The van der Waals surface area contributed by atoms with E-state index in [1.807, 2.05) is 73.5 Å². The molecule has 1 saturated heterocycles. The number of likely N-dealkylation sites (tertiary alicyclic amines) is 1. The van der Waals surface area contributed by atoms with Crippen molar-refractivity contribution in [2.75, 3.05) is 6.54 Å². The molecule has 10 heteroatoms. The van der Waals surface area contributed by atoms with E-state index in [9.17, 15) is 24.3 Å². The van der Waals surface area contributed by atoms with E-state index in [0.717, 1.165) is 92.4 Å². The second-order valence-corrected chi connectivity index (χ2v) is 24.9. The number of carboxylic acids is 1. The van der Waals surface area contributed by atoms with Crippen LogP contribution in [0.2, 0.25) is 0 Å². The fourth-order valence-corrected chi connectivity index (χ4v) is 17.8. The molecule has 3 N–H and O–H groups in total. The third kappa shape index (κ3) is 6.55. The molecule has 68 heavy (non-hydrogen) atoms. The lowest BCUT2D eigenvalue weighted by Gasteiger charge is -2.74. The summed E-state index contributed by atoms with van der Waals surface area (Å²) in [6.45, 7) is 21.5. The monoisotopic (exact) mass is 925 g/mol. The minimum Gasteiger partial charge on any atom is -0.481 e. The molecule has 0 bridgehead atoms. The fourth-order valence-electron chi connectivity index (χ4n) is 17.8. The Bertz CT molecular complexity index is 2530. The summed E-state index contributed by atoms with van der Waals surface area (Å²) in [6.07, 6.45) is 11.7. The van der Waals surface area contributed by atoms with Crippen molar-refractivity contribution in [3.05, 3.63) is 89.4 Å². The summed E-state index contributed by atoms with van der Waals surface area (Å²) in [5.41, 5.74) is 2.16. The number of rotatable bonds is 9. The fraction of sp³-hybridized carbons (Fsp3) is 0.638. The number of hydrogen-bond acceptors (Lipinski definition) is 6. The highest BCUT2D eigenvalue weighted by Gasteiger charge is 2.76. The van der Waals surface area contributed by atoms with Gasteiger partial charge in [0.2, 0.25) is 0 Å². The van der Waals surface area contributed by atoms with Crippen LogP contribution in [0, 0.1) is 68.0 Å². The number of Topliss-reactive ketones (excluding diaryl/α,β-unsaturated/α-hetero) is 1. The van der Waals surface area contributed by atoms with Crippen molar-refractivity contribution in [3.63, 3.8) is 0 Å². The second-order valence-electron chi connectivity index (χ2n) is 24.9. The number of carbonyl (C=O) groups excluding carboxylic acids is 3. The van der Waals surface area contributed by atoms with E-state index in [4.69, 9.17) is 9.72 Å². The molecular weight excluding hydrogens is 849 g/mol. The summed E-state index contributed by atoms with van der Waals surface area (Å²) < 4.78 is 5.86. The zero-order chi connectivity index (χ0) is 48.4. The van der Waals surface area contributed by atoms with Gasteiger partial charge in [0.15, 0.2) is 5.78 Å². The van der Waals surface area contributed by atoms with Crippen LogP contribution in [0.1, 0.15) is 157 Å². The van der Waals surface area contributed by atoms with Crippen molar-refractivity contribution in [2.24, 2.45) is 68.0 Å². The number of aliphatic carboxylic acids is 1. The summed E-state index contributed by atoms with van der Waals surface area (Å²) >= 11 is 0. The van der Waals surface area contributed by atoms with Gasteiger partial charge in [0, 0.05) is 13.0 Å². The Morgan fingerprint density at radius 1 is 0.838 bits per heavy atom. The molecule has 10 rings (SSSR count). The molecule has 2 amide bonds. The Kier molecular flexibility index (Phi) is 11.2. The quantitative estimate of drug-likeness (QED) is 0.181. The van der Waals surface area contributed by atoms with E-state index in [1.54, 1.807) is 0 Å². The van der Waals surface area contributed by atoms with E-state index in [1.165, 1.54) is 5.57 Å². The van der Waals surface area contributed by atoms with Gasteiger partial charge >= 0.3 is 18.0 Å². The Hall–Kier alpha value is -4.73. The number of aromatic nitrogens is 2. The van der Waals surface area contributed by atoms with Crippen LogP contribution in [0.15, 0.2) is 78.0 Å². The maximum absolute atomic E-state index is 14.8. The van der Waals surface area contributed by atoms with Gasteiger partial charge < -0.3 is 25.0 Å². The molecule has 11 atom stereocenters. The molecule has 2 heterocycles. The number of nitrogens with one attached hydrogen (secondary N) is 2. The molecule has 3 aromatic rings. The molecule has 6 fully saturated rings. The van der Waals surface area contributed by atoms with Crippen LogP contribution in [-0.2, 0) is 25.7 Å². The highest BCUT2D eigenvalue weighted by atomic mass is 16.5. The first-order chi connectivity index (χ1) is 32.2. The molecule has 0 radical (unpaired) electrons. The number of allylic oxidation sites excluding steroid dienone is 1. The number of amides is 2. The number of hydrogen-bond donors (Lipinski definition) is 3. The number of fused-ring (bicyclic) bond motifs is 7. The average molecular weight is 925 g/mol. The smallest absolute Gasteiger partial charge is 0.318 e. The van der Waals surface area contributed by atoms with Crippen molar-refractivity contribution < 1.29 is 29.0 Å². The van der Waals surface area contributed by atoms with E-state index in [-0.39, 0.29) is 69.8 Å². The van der Waals surface area contributed by atoms with Gasteiger partial charge in [0.05, 0.1) is 34.8 Å². The zero-order valence-electron chi connectivity index (χ0n) is 42.2. The Morgan fingerprint density at radius 3 is 2.21 bits per heavy atom. The van der Waals surface area contributed by atoms with Gasteiger partial charge in [-0.25, -0.2) is 9.78 Å². The number of ether oxygens (including phenoxy) is 1. The van der Waals surface area contributed by atoms with Gasteiger partial charge in [0.1, 0.15) is 12.4 Å². The van der Waals surface area contributed by atoms with Gasteiger partial charge in [0.25, 0.3) is 0 Å². The van der Waals surface area contributed by atoms with Crippen LogP contribution in [0.3, 0.4) is 0 Å². The molecule has 5 saturated carbocycles. The maximum Gasteiger partial charge on any atom is 0.318 e. The third-order valence-corrected chi connectivity index (χ3v) is 21.4. The van der Waals surface area contributed by atoms with Gasteiger partial charge in [-0.1, -0.05) is 123 Å². The van der Waals surface area contributed by atoms with Crippen LogP contribution in [-0.4, -0.2) is 55.8 Å². The molecule has 10 nitrogen and oxygen atoms in total. The Labute approximate surface area is 404 Å². The number of urea groups is 1. The lowest BCUT2D eigenvalue weighted by atomic mass is 9.30. The summed E-state index contributed by atoms with van der Waals surface area (Å²) in [5, 5.41) is 15.0. The predicted octanol–water partition coefficient (Wildman–Crippen LogP) is 12.1. The predicted molar refractivity (Wildman–Crippen MR) is 263 cm³/mol. The normalized spacial score (nSPS) is 37.9. The topological polar surface area (TPSA) is 142 Å². The van der Waals surface area contributed by atoms with Gasteiger partial charge in [-0.05, 0) is 150 Å². The van der Waals surface area contributed by atoms with Crippen molar-refractivity contribution in [2.45, 2.75) is 158 Å². The second kappa shape index (κ2) is 16.2. The molecule has 1 aliphatic heterocycles. The summed E-state index contributed by atoms with van der Waals surface area (Å²) in [4.78, 5) is 67.1. The maximum atomic E-state index is 14.8. The van der Waals surface area contributed by atoms with Gasteiger partial charge in [-0.3, -0.25) is 14.4 Å². The summed E-state index contributed by atoms with van der Waals surface area (Å²) in [7, 11) is 0. The summed E-state index contributed by atoms with van der Waals surface area (Å²) in [6, 6.07) is 19.6. The first kappa shape index (κ1) is 47.0. The van der Waals surface area contributed by atoms with E-state index >= 15 is 0 Å². The molecular formula is C58H76N4O6. The lowest BCUT2D eigenvalue weighted by Crippen LogP contribution is -2.71. The van der Waals surface area contributed by atoms with Crippen LogP contribution < -0.4 is 5.32 Å². The minimum absolute atomic E-state index is 0.0108. The van der Waals surface area contributed by atoms with Crippen LogP contribution in [0.5, 0.6) is 0 Å². The van der Waals surface area contributed by atoms with E-state index < -0.39 is 28.3 Å².